The van der Waals surface area contributed by atoms with Gasteiger partial charge in [0.25, 0.3) is 0 Å². The first-order valence-electron chi connectivity index (χ1n) is 6.30. The summed E-state index contributed by atoms with van der Waals surface area (Å²) in [5.41, 5.74) is 2.34. The summed E-state index contributed by atoms with van der Waals surface area (Å²) in [6.45, 7) is 5.38. The van der Waals surface area contributed by atoms with Crippen LogP contribution in [0, 0.1) is 0 Å². The number of aromatic nitrogens is 1. The zero-order valence-corrected chi connectivity index (χ0v) is 10.5. The minimum Gasteiger partial charge on any atom is -0.444 e. The highest BCUT2D eigenvalue weighted by atomic mass is 16.3. The van der Waals surface area contributed by atoms with Gasteiger partial charge in [0.05, 0.1) is 6.20 Å². The van der Waals surface area contributed by atoms with Crippen LogP contribution in [0.1, 0.15) is 6.92 Å². The van der Waals surface area contributed by atoms with Crippen molar-refractivity contribution in [3.63, 3.8) is 0 Å². The molecule has 0 aliphatic carbocycles. The summed E-state index contributed by atoms with van der Waals surface area (Å²) >= 11 is 0. The van der Waals surface area contributed by atoms with E-state index in [2.05, 4.69) is 46.4 Å². The largest absolute Gasteiger partial charge is 0.444 e. The van der Waals surface area contributed by atoms with Crippen molar-refractivity contribution < 1.29 is 4.42 Å². The van der Waals surface area contributed by atoms with Gasteiger partial charge in [-0.2, -0.15) is 0 Å². The van der Waals surface area contributed by atoms with E-state index in [4.69, 9.17) is 4.42 Å². The van der Waals surface area contributed by atoms with Crippen LogP contribution in [0.15, 0.2) is 41.3 Å². The van der Waals surface area contributed by atoms with E-state index in [-0.39, 0.29) is 0 Å². The third-order valence-corrected chi connectivity index (χ3v) is 3.32. The molecule has 1 fully saturated rings. The van der Waals surface area contributed by atoms with Crippen molar-refractivity contribution in [3.05, 3.63) is 36.9 Å². The molecule has 0 unspecified atom stereocenters. The van der Waals surface area contributed by atoms with Crippen molar-refractivity contribution in [3.8, 4) is 11.3 Å². The molecule has 18 heavy (non-hydrogen) atoms. The monoisotopic (exact) mass is 243 g/mol. The Morgan fingerprint density at radius 1 is 1.33 bits per heavy atom. The lowest BCUT2D eigenvalue weighted by Crippen LogP contribution is -2.49. The average molecular weight is 243 g/mol. The van der Waals surface area contributed by atoms with E-state index in [1.807, 2.05) is 0 Å². The number of piperazine rings is 1. The first-order chi connectivity index (χ1) is 8.83. The van der Waals surface area contributed by atoms with Crippen LogP contribution in [-0.2, 0) is 0 Å². The molecular weight excluding hydrogens is 226 g/mol. The maximum absolute atomic E-state index is 5.29. The van der Waals surface area contributed by atoms with E-state index in [9.17, 15) is 0 Å². The second-order valence-corrected chi connectivity index (χ2v) is 4.71. The first kappa shape index (κ1) is 11.3. The SMILES string of the molecule is C[C@@H]1CN(c2ccc(-c3cnco3)cc2)CCN1. The number of oxazole rings is 1. The number of hydrogen-bond donors (Lipinski definition) is 1. The van der Waals surface area contributed by atoms with E-state index in [0.717, 1.165) is 31.0 Å². The van der Waals surface area contributed by atoms with Crippen LogP contribution in [0.4, 0.5) is 5.69 Å². The molecular formula is C14H17N3O. The third-order valence-electron chi connectivity index (χ3n) is 3.32. The number of rotatable bonds is 2. The predicted molar refractivity (Wildman–Crippen MR) is 71.6 cm³/mol. The summed E-state index contributed by atoms with van der Waals surface area (Å²) in [6.07, 6.45) is 3.20. The van der Waals surface area contributed by atoms with E-state index >= 15 is 0 Å². The minimum atomic E-state index is 0.549. The number of nitrogens with zero attached hydrogens (tertiary/aromatic N) is 2. The lowest BCUT2D eigenvalue weighted by molar-refractivity contribution is 0.485. The van der Waals surface area contributed by atoms with Gasteiger partial charge in [0.15, 0.2) is 12.2 Å². The molecule has 94 valence electrons. The summed E-state index contributed by atoms with van der Waals surface area (Å²) in [7, 11) is 0. The molecule has 1 aromatic heterocycles. The first-order valence-corrected chi connectivity index (χ1v) is 6.30. The highest BCUT2D eigenvalue weighted by Gasteiger charge is 2.15. The van der Waals surface area contributed by atoms with Gasteiger partial charge >= 0.3 is 0 Å². The molecule has 1 aromatic carbocycles. The van der Waals surface area contributed by atoms with Gasteiger partial charge in [-0.05, 0) is 31.2 Å². The predicted octanol–water partition coefficient (Wildman–Crippen LogP) is 2.14. The van der Waals surface area contributed by atoms with Gasteiger partial charge in [-0.1, -0.05) is 0 Å². The smallest absolute Gasteiger partial charge is 0.181 e. The van der Waals surface area contributed by atoms with E-state index in [1.165, 1.54) is 12.1 Å². The summed E-state index contributed by atoms with van der Waals surface area (Å²) in [5, 5.41) is 3.45. The summed E-state index contributed by atoms with van der Waals surface area (Å²) in [4.78, 5) is 6.34. The highest BCUT2D eigenvalue weighted by Crippen LogP contribution is 2.23. The standard InChI is InChI=1S/C14H17N3O/c1-11-9-17(7-6-16-11)13-4-2-12(3-5-13)14-8-15-10-18-14/h2-5,8,10-11,16H,6-7,9H2,1H3/t11-/m1/s1. The minimum absolute atomic E-state index is 0.549. The van der Waals surface area contributed by atoms with Gasteiger partial charge in [0.1, 0.15) is 0 Å². The van der Waals surface area contributed by atoms with Crippen LogP contribution in [0.25, 0.3) is 11.3 Å². The molecule has 0 bridgehead atoms. The molecule has 2 heterocycles. The topological polar surface area (TPSA) is 41.3 Å². The Balaban J connectivity index is 1.78. The molecule has 1 saturated heterocycles. The molecule has 1 N–H and O–H groups in total. The number of benzene rings is 1. The summed E-state index contributed by atoms with van der Waals surface area (Å²) in [6, 6.07) is 9.02. The molecule has 0 spiro atoms. The Labute approximate surface area is 107 Å². The Kier molecular flexibility index (Phi) is 3.02. The lowest BCUT2D eigenvalue weighted by Gasteiger charge is -2.33. The van der Waals surface area contributed by atoms with Crippen LogP contribution < -0.4 is 10.2 Å². The fraction of sp³-hybridized carbons (Fsp3) is 0.357. The van der Waals surface area contributed by atoms with Crippen LogP contribution in [0.5, 0.6) is 0 Å². The molecule has 1 atom stereocenters. The van der Waals surface area contributed by atoms with Gasteiger partial charge in [0.2, 0.25) is 0 Å². The van der Waals surface area contributed by atoms with Gasteiger partial charge in [0, 0.05) is 36.9 Å². The normalized spacial score (nSPS) is 20.1. The van der Waals surface area contributed by atoms with E-state index < -0.39 is 0 Å². The van der Waals surface area contributed by atoms with Crippen LogP contribution >= 0.6 is 0 Å². The van der Waals surface area contributed by atoms with Gasteiger partial charge < -0.3 is 14.6 Å². The average Bonchev–Trinajstić information content (AvgIpc) is 2.93. The fourth-order valence-corrected chi connectivity index (χ4v) is 2.36. The van der Waals surface area contributed by atoms with Crippen LogP contribution in [0.3, 0.4) is 0 Å². The third kappa shape index (κ3) is 2.24. The van der Waals surface area contributed by atoms with Crippen molar-refractivity contribution in [2.45, 2.75) is 13.0 Å². The molecule has 4 heteroatoms. The van der Waals surface area contributed by atoms with Crippen LogP contribution in [0.2, 0.25) is 0 Å². The molecule has 2 aromatic rings. The second-order valence-electron chi connectivity index (χ2n) is 4.71. The fourth-order valence-electron chi connectivity index (χ4n) is 2.36. The lowest BCUT2D eigenvalue weighted by atomic mass is 10.1. The zero-order valence-electron chi connectivity index (χ0n) is 10.5. The number of hydrogen-bond acceptors (Lipinski definition) is 4. The highest BCUT2D eigenvalue weighted by molar-refractivity contribution is 5.61. The quantitative estimate of drug-likeness (QED) is 0.877. The van der Waals surface area contributed by atoms with Crippen molar-refractivity contribution >= 4 is 5.69 Å². The summed E-state index contributed by atoms with van der Waals surface area (Å²) in [5.74, 6) is 0.815. The van der Waals surface area contributed by atoms with Crippen LogP contribution in [-0.4, -0.2) is 30.7 Å². The molecule has 1 aliphatic rings. The Morgan fingerprint density at radius 2 is 2.17 bits per heavy atom. The van der Waals surface area contributed by atoms with Gasteiger partial charge in [-0.25, -0.2) is 4.98 Å². The van der Waals surface area contributed by atoms with Crippen molar-refractivity contribution in [1.29, 1.82) is 0 Å². The summed E-state index contributed by atoms with van der Waals surface area (Å²) < 4.78 is 5.29. The number of nitrogens with one attached hydrogen (secondary N) is 1. The Morgan fingerprint density at radius 3 is 2.83 bits per heavy atom. The Bertz CT molecular complexity index is 492. The number of anilines is 1. The van der Waals surface area contributed by atoms with Gasteiger partial charge in [-0.3, -0.25) is 0 Å². The molecule has 0 saturated carbocycles. The maximum Gasteiger partial charge on any atom is 0.181 e. The molecule has 3 rings (SSSR count). The van der Waals surface area contributed by atoms with Crippen molar-refractivity contribution in [2.24, 2.45) is 0 Å². The van der Waals surface area contributed by atoms with E-state index in [1.54, 1.807) is 6.20 Å². The van der Waals surface area contributed by atoms with Gasteiger partial charge in [-0.15, -0.1) is 0 Å². The molecule has 0 amide bonds. The maximum atomic E-state index is 5.29. The molecule has 1 aliphatic heterocycles. The zero-order chi connectivity index (χ0) is 12.4. The molecule has 0 radical (unpaired) electrons. The molecule has 4 nitrogen and oxygen atoms in total. The van der Waals surface area contributed by atoms with Crippen molar-refractivity contribution in [2.75, 3.05) is 24.5 Å². The van der Waals surface area contributed by atoms with E-state index in [0.29, 0.717) is 6.04 Å². The second kappa shape index (κ2) is 4.82. The van der Waals surface area contributed by atoms with Crippen molar-refractivity contribution in [1.82, 2.24) is 10.3 Å². The Hall–Kier alpha value is -1.81.